The van der Waals surface area contributed by atoms with Crippen LogP contribution >= 0.6 is 12.2 Å². The van der Waals surface area contributed by atoms with Crippen LogP contribution in [0, 0.1) is 5.82 Å². The van der Waals surface area contributed by atoms with Gasteiger partial charge in [0.25, 0.3) is 0 Å². The fourth-order valence-electron chi connectivity index (χ4n) is 3.18. The molecule has 0 atom stereocenters. The van der Waals surface area contributed by atoms with E-state index in [9.17, 15) is 4.39 Å². The lowest BCUT2D eigenvalue weighted by Crippen LogP contribution is -2.50. The number of benzene rings is 2. The Balaban J connectivity index is 1.63. The van der Waals surface area contributed by atoms with E-state index in [1.807, 2.05) is 12.1 Å². The van der Waals surface area contributed by atoms with Crippen LogP contribution in [0.25, 0.3) is 0 Å². The summed E-state index contributed by atoms with van der Waals surface area (Å²) >= 11 is 5.58. The number of anilines is 2. The lowest BCUT2D eigenvalue weighted by molar-refractivity contribution is 0.324. The first-order valence-corrected chi connectivity index (χ1v) is 9.33. The van der Waals surface area contributed by atoms with Gasteiger partial charge >= 0.3 is 0 Å². The minimum atomic E-state index is -0.224. The number of nitrogens with one attached hydrogen (secondary N) is 1. The van der Waals surface area contributed by atoms with Crippen molar-refractivity contribution in [2.45, 2.75) is 0 Å². The number of thiocarbonyl (C=S) groups is 1. The molecule has 2 aromatic carbocycles. The fraction of sp³-hybridized carbons (Fsp3) is 0.350. The average Bonchev–Trinajstić information content (AvgIpc) is 2.73. The standard InChI is InChI=1S/C20H24FN3O3S/c1-25-17-12-15(13-18(26-2)19(17)27-3)22-20(28)24-10-8-23(9-11-24)16-6-4-14(21)5-7-16/h4-7,12-13H,8-11H2,1-3H3,(H,22,28). The molecule has 1 fully saturated rings. The maximum atomic E-state index is 13.1. The SMILES string of the molecule is COc1cc(NC(=S)N2CCN(c3ccc(F)cc3)CC2)cc(OC)c1OC. The first-order valence-electron chi connectivity index (χ1n) is 8.92. The largest absolute Gasteiger partial charge is 0.493 e. The molecule has 3 rings (SSSR count). The van der Waals surface area contributed by atoms with Crippen molar-refractivity contribution in [3.63, 3.8) is 0 Å². The maximum Gasteiger partial charge on any atom is 0.203 e. The molecule has 0 saturated carbocycles. The van der Waals surface area contributed by atoms with Crippen LogP contribution < -0.4 is 24.4 Å². The number of piperazine rings is 1. The van der Waals surface area contributed by atoms with Crippen LogP contribution in [-0.2, 0) is 0 Å². The molecule has 6 nitrogen and oxygen atoms in total. The maximum absolute atomic E-state index is 13.1. The van der Waals surface area contributed by atoms with Gasteiger partial charge in [-0.3, -0.25) is 0 Å². The van der Waals surface area contributed by atoms with Crippen molar-refractivity contribution in [2.24, 2.45) is 0 Å². The molecule has 28 heavy (non-hydrogen) atoms. The van der Waals surface area contributed by atoms with Crippen molar-refractivity contribution in [1.82, 2.24) is 4.90 Å². The molecule has 2 aromatic rings. The van der Waals surface area contributed by atoms with Crippen LogP contribution in [0.5, 0.6) is 17.2 Å². The normalized spacial score (nSPS) is 13.9. The number of halogens is 1. The van der Waals surface area contributed by atoms with Crippen molar-refractivity contribution in [1.29, 1.82) is 0 Å². The highest BCUT2D eigenvalue weighted by molar-refractivity contribution is 7.80. The average molecular weight is 405 g/mol. The summed E-state index contributed by atoms with van der Waals surface area (Å²) in [5.41, 5.74) is 1.78. The Morgan fingerprint density at radius 3 is 2.00 bits per heavy atom. The molecule has 0 unspecified atom stereocenters. The topological polar surface area (TPSA) is 46.2 Å². The van der Waals surface area contributed by atoms with Gasteiger partial charge in [0.2, 0.25) is 5.75 Å². The summed E-state index contributed by atoms with van der Waals surface area (Å²) in [5, 5.41) is 3.88. The smallest absolute Gasteiger partial charge is 0.203 e. The van der Waals surface area contributed by atoms with Crippen LogP contribution in [0.4, 0.5) is 15.8 Å². The van der Waals surface area contributed by atoms with Crippen molar-refractivity contribution >= 4 is 28.7 Å². The van der Waals surface area contributed by atoms with Crippen molar-refractivity contribution in [3.8, 4) is 17.2 Å². The van der Waals surface area contributed by atoms with Crippen LogP contribution in [0.2, 0.25) is 0 Å². The van der Waals surface area contributed by atoms with E-state index in [0.717, 1.165) is 37.6 Å². The first-order chi connectivity index (χ1) is 13.5. The predicted molar refractivity (Wildman–Crippen MR) is 113 cm³/mol. The molecule has 1 aliphatic heterocycles. The highest BCUT2D eigenvalue weighted by atomic mass is 32.1. The van der Waals surface area contributed by atoms with Gasteiger partial charge in [0.05, 0.1) is 21.3 Å². The zero-order valence-electron chi connectivity index (χ0n) is 16.2. The molecule has 1 heterocycles. The summed E-state index contributed by atoms with van der Waals surface area (Å²) in [7, 11) is 4.72. The Morgan fingerprint density at radius 2 is 1.50 bits per heavy atom. The summed E-state index contributed by atoms with van der Waals surface area (Å²) in [6, 6.07) is 10.2. The summed E-state index contributed by atoms with van der Waals surface area (Å²) in [6.45, 7) is 3.16. The van der Waals surface area contributed by atoms with Gasteiger partial charge in [-0.1, -0.05) is 0 Å². The van der Waals surface area contributed by atoms with Gasteiger partial charge < -0.3 is 29.3 Å². The molecule has 0 amide bonds. The molecular formula is C20H24FN3O3S. The van der Waals surface area contributed by atoms with E-state index in [0.29, 0.717) is 22.4 Å². The molecule has 0 bridgehead atoms. The first kappa shape index (κ1) is 20.0. The summed E-state index contributed by atoms with van der Waals surface area (Å²) in [4.78, 5) is 4.33. The molecule has 1 aliphatic rings. The van der Waals surface area contributed by atoms with Gasteiger partial charge in [-0.2, -0.15) is 0 Å². The Hall–Kier alpha value is -2.74. The van der Waals surface area contributed by atoms with E-state index in [2.05, 4.69) is 15.1 Å². The van der Waals surface area contributed by atoms with Gasteiger partial charge in [0.1, 0.15) is 5.82 Å². The third-order valence-corrected chi connectivity index (χ3v) is 5.03. The molecule has 0 aliphatic carbocycles. The van der Waals surface area contributed by atoms with Crippen LogP contribution in [0.1, 0.15) is 0 Å². The highest BCUT2D eigenvalue weighted by Crippen LogP contribution is 2.40. The van der Waals surface area contributed by atoms with Gasteiger partial charge in [0, 0.05) is 49.7 Å². The van der Waals surface area contributed by atoms with Crippen molar-refractivity contribution < 1.29 is 18.6 Å². The van der Waals surface area contributed by atoms with Gasteiger partial charge in [-0.15, -0.1) is 0 Å². The summed E-state index contributed by atoms with van der Waals surface area (Å²) in [6.07, 6.45) is 0. The second kappa shape index (κ2) is 8.97. The zero-order chi connectivity index (χ0) is 20.1. The number of ether oxygens (including phenoxy) is 3. The minimum Gasteiger partial charge on any atom is -0.493 e. The van der Waals surface area contributed by atoms with E-state index in [1.165, 1.54) is 12.1 Å². The van der Waals surface area contributed by atoms with E-state index >= 15 is 0 Å². The zero-order valence-corrected chi connectivity index (χ0v) is 17.0. The molecule has 1 N–H and O–H groups in total. The van der Waals surface area contributed by atoms with Gasteiger partial charge in [0.15, 0.2) is 16.6 Å². The van der Waals surface area contributed by atoms with Crippen LogP contribution in [-0.4, -0.2) is 57.5 Å². The second-order valence-corrected chi connectivity index (χ2v) is 6.68. The Bertz CT molecular complexity index is 799. The number of hydrogen-bond acceptors (Lipinski definition) is 5. The Labute approximate surface area is 169 Å². The van der Waals surface area contributed by atoms with Gasteiger partial charge in [-0.25, -0.2) is 4.39 Å². The van der Waals surface area contributed by atoms with Crippen molar-refractivity contribution in [2.75, 3.05) is 57.7 Å². The second-order valence-electron chi connectivity index (χ2n) is 6.29. The third kappa shape index (κ3) is 4.39. The van der Waals surface area contributed by atoms with Crippen molar-refractivity contribution in [3.05, 3.63) is 42.2 Å². The number of nitrogens with zero attached hydrogens (tertiary/aromatic N) is 2. The quantitative estimate of drug-likeness (QED) is 0.766. The lowest BCUT2D eigenvalue weighted by Gasteiger charge is -2.37. The predicted octanol–water partition coefficient (Wildman–Crippen LogP) is 3.37. The van der Waals surface area contributed by atoms with Crippen LogP contribution in [0.15, 0.2) is 36.4 Å². The Morgan fingerprint density at radius 1 is 0.929 bits per heavy atom. The van der Waals surface area contributed by atoms with Gasteiger partial charge in [-0.05, 0) is 36.5 Å². The molecule has 8 heteroatoms. The fourth-order valence-corrected chi connectivity index (χ4v) is 3.48. The number of methoxy groups -OCH3 is 3. The monoisotopic (exact) mass is 405 g/mol. The molecular weight excluding hydrogens is 381 g/mol. The molecule has 0 spiro atoms. The Kier molecular flexibility index (Phi) is 6.41. The van der Waals surface area contributed by atoms with Crippen LogP contribution in [0.3, 0.4) is 0 Å². The number of hydrogen-bond donors (Lipinski definition) is 1. The minimum absolute atomic E-state index is 0.224. The molecule has 150 valence electrons. The van der Waals surface area contributed by atoms with E-state index in [-0.39, 0.29) is 5.82 Å². The molecule has 0 aromatic heterocycles. The molecule has 1 saturated heterocycles. The lowest BCUT2D eigenvalue weighted by atomic mass is 10.2. The third-order valence-electron chi connectivity index (χ3n) is 4.67. The summed E-state index contributed by atoms with van der Waals surface area (Å²) < 4.78 is 29.2. The van der Waals surface area contributed by atoms with E-state index in [4.69, 9.17) is 26.4 Å². The summed E-state index contributed by atoms with van der Waals surface area (Å²) in [5.74, 6) is 1.44. The van der Waals surface area contributed by atoms with E-state index < -0.39 is 0 Å². The number of rotatable bonds is 5. The van der Waals surface area contributed by atoms with E-state index in [1.54, 1.807) is 33.5 Å². The molecule has 0 radical (unpaired) electrons. The highest BCUT2D eigenvalue weighted by Gasteiger charge is 2.20.